The predicted molar refractivity (Wildman–Crippen MR) is 163 cm³/mol. The number of rotatable bonds is 29. The van der Waals surface area contributed by atoms with Crippen molar-refractivity contribution in [1.29, 1.82) is 0 Å². The van der Waals surface area contributed by atoms with Gasteiger partial charge in [0.2, 0.25) is 5.51 Å². The summed E-state index contributed by atoms with van der Waals surface area (Å²) in [7, 11) is -3.43. The zero-order valence-corrected chi connectivity index (χ0v) is 27.5. The van der Waals surface area contributed by atoms with E-state index in [-0.39, 0.29) is 19.8 Å². The number of nitrogens with one attached hydrogen (secondary N) is 1. The Bertz CT molecular complexity index is 798. The SMILES string of the molecule is CCCCCCCCCCCCCCCCCCNC(=O)OCC(COC(OCC[n+]1ccsc1)OP(=O)(O)O)OC. The van der Waals surface area contributed by atoms with E-state index in [0.717, 1.165) is 12.8 Å². The highest BCUT2D eigenvalue weighted by Crippen LogP contribution is 2.38. The minimum Gasteiger partial charge on any atom is -0.447 e. The second-order valence-electron chi connectivity index (χ2n) is 10.5. The van der Waals surface area contributed by atoms with Gasteiger partial charge in [0.25, 0.3) is 6.48 Å². The molecular weight excluding hydrogens is 583 g/mol. The Balaban J connectivity index is 2.02. The molecule has 0 aliphatic heterocycles. The molecule has 11 nitrogen and oxygen atoms in total. The Morgan fingerprint density at radius 2 is 1.45 bits per heavy atom. The monoisotopic (exact) mass is 639 g/mol. The molecule has 0 saturated carbocycles. The number of hydrogen-bond acceptors (Lipinski definition) is 8. The summed E-state index contributed by atoms with van der Waals surface area (Å²) in [5, 5.41) is 4.63. The van der Waals surface area contributed by atoms with E-state index < -0.39 is 26.5 Å². The van der Waals surface area contributed by atoms with E-state index in [1.54, 1.807) is 0 Å². The quantitative estimate of drug-likeness (QED) is 0.0390. The summed E-state index contributed by atoms with van der Waals surface area (Å²) in [6.07, 6.45) is 21.4. The molecule has 0 bridgehead atoms. The van der Waals surface area contributed by atoms with Crippen LogP contribution < -0.4 is 9.88 Å². The number of phosphoric acid groups is 1. The molecule has 2 unspecified atom stereocenters. The van der Waals surface area contributed by atoms with Crippen molar-refractivity contribution < 1.29 is 47.2 Å². The molecule has 1 aromatic heterocycles. The molecule has 0 aromatic carbocycles. The second kappa shape index (κ2) is 26.3. The number of nitrogens with zero attached hydrogens (tertiary/aromatic N) is 1. The maximum Gasteiger partial charge on any atom is 0.473 e. The van der Waals surface area contributed by atoms with Crippen LogP contribution in [0.4, 0.5) is 4.79 Å². The molecule has 246 valence electrons. The lowest BCUT2D eigenvalue weighted by molar-refractivity contribution is -0.694. The highest BCUT2D eigenvalue weighted by Gasteiger charge is 2.25. The largest absolute Gasteiger partial charge is 0.473 e. The van der Waals surface area contributed by atoms with Gasteiger partial charge in [0.15, 0.2) is 12.7 Å². The Labute approximate surface area is 256 Å². The van der Waals surface area contributed by atoms with Gasteiger partial charge in [-0.25, -0.2) is 13.9 Å². The van der Waals surface area contributed by atoms with Crippen LogP contribution in [0.3, 0.4) is 0 Å². The van der Waals surface area contributed by atoms with E-state index in [1.165, 1.54) is 108 Å². The van der Waals surface area contributed by atoms with Crippen molar-refractivity contribution in [1.82, 2.24) is 5.32 Å². The molecule has 0 fully saturated rings. The predicted octanol–water partition coefficient (Wildman–Crippen LogP) is 6.46. The first kappa shape index (κ1) is 38.9. The number of hydrogen-bond donors (Lipinski definition) is 3. The van der Waals surface area contributed by atoms with E-state index in [4.69, 9.17) is 28.7 Å². The summed E-state index contributed by atoms with van der Waals surface area (Å²) in [6.45, 7) is 1.48. The molecule has 1 rings (SSSR count). The molecule has 42 heavy (non-hydrogen) atoms. The minimum atomic E-state index is -4.85. The second-order valence-corrected chi connectivity index (χ2v) is 12.5. The normalized spacial score (nSPS) is 13.2. The Kier molecular flexibility index (Phi) is 24.4. The number of amides is 1. The standard InChI is InChI=1S/C29H55N2O9PS/c1-3-4-5-6-7-8-9-10-11-12-13-14-15-16-17-18-19-30-28(32)38-24-27(36-2)25-39-29(40-41(33,34)35)37-22-20-31-21-23-42-26-31/h21,23,26-27,29H,3-20,22,24-25H2,1-2H3,(H2-,30,32,33,34,35)/p+1. The maximum absolute atomic E-state index is 12.0. The number of unbranched alkanes of at least 4 members (excludes halogenated alkanes) is 15. The highest BCUT2D eigenvalue weighted by atomic mass is 32.1. The third-order valence-corrected chi connectivity index (χ3v) is 7.92. The zero-order chi connectivity index (χ0) is 30.7. The molecule has 1 heterocycles. The van der Waals surface area contributed by atoms with Crippen LogP contribution in [0.5, 0.6) is 0 Å². The van der Waals surface area contributed by atoms with Crippen molar-refractivity contribution in [2.45, 2.75) is 129 Å². The number of aromatic nitrogens is 1. The fourth-order valence-electron chi connectivity index (χ4n) is 4.32. The molecule has 2 atom stereocenters. The van der Waals surface area contributed by atoms with Crippen LogP contribution in [-0.2, 0) is 34.6 Å². The van der Waals surface area contributed by atoms with E-state index in [9.17, 15) is 9.36 Å². The molecule has 1 amide bonds. The van der Waals surface area contributed by atoms with Gasteiger partial charge in [0, 0.05) is 13.7 Å². The summed E-state index contributed by atoms with van der Waals surface area (Å²) < 4.78 is 38.8. The number of carbonyl (C=O) groups excluding carboxylic acids is 1. The lowest BCUT2D eigenvalue weighted by Crippen LogP contribution is -2.36. The molecule has 0 saturated heterocycles. The molecule has 0 radical (unpaired) electrons. The summed E-state index contributed by atoms with van der Waals surface area (Å²) in [6, 6.07) is 0. The summed E-state index contributed by atoms with van der Waals surface area (Å²) in [5.74, 6) is 0. The molecule has 13 heteroatoms. The maximum atomic E-state index is 12.0. The number of methoxy groups -OCH3 is 1. The van der Waals surface area contributed by atoms with E-state index in [2.05, 4.69) is 16.8 Å². The number of thiazole rings is 1. The van der Waals surface area contributed by atoms with Gasteiger partial charge in [-0.2, -0.15) is 4.57 Å². The van der Waals surface area contributed by atoms with Crippen LogP contribution in [0, 0.1) is 0 Å². The fraction of sp³-hybridized carbons (Fsp3) is 0.862. The number of ether oxygens (including phenoxy) is 4. The summed E-state index contributed by atoms with van der Waals surface area (Å²) >= 11 is 1.51. The lowest BCUT2D eigenvalue weighted by Gasteiger charge is -2.21. The molecule has 3 N–H and O–H groups in total. The van der Waals surface area contributed by atoms with Crippen molar-refractivity contribution in [3.05, 3.63) is 17.1 Å². The average molecular weight is 640 g/mol. The van der Waals surface area contributed by atoms with Crippen LogP contribution in [0.15, 0.2) is 17.1 Å². The van der Waals surface area contributed by atoms with Gasteiger partial charge in [-0.1, -0.05) is 115 Å². The molecule has 1 aromatic rings. The molecule has 0 aliphatic carbocycles. The molecule has 0 spiro atoms. The van der Waals surface area contributed by atoms with Gasteiger partial charge in [0.1, 0.15) is 19.3 Å². The van der Waals surface area contributed by atoms with Gasteiger partial charge in [-0.3, -0.25) is 0 Å². The Morgan fingerprint density at radius 1 is 0.881 bits per heavy atom. The first-order valence-corrected chi connectivity index (χ1v) is 18.1. The average Bonchev–Trinajstić information content (AvgIpc) is 3.47. The number of phosphoric ester groups is 1. The van der Waals surface area contributed by atoms with E-state index >= 15 is 0 Å². The van der Waals surface area contributed by atoms with Crippen molar-refractivity contribution in [3.8, 4) is 0 Å². The van der Waals surface area contributed by atoms with Gasteiger partial charge >= 0.3 is 13.9 Å². The van der Waals surface area contributed by atoms with E-state index in [1.807, 2.05) is 21.7 Å². The Hall–Kier alpha value is -1.11. The summed E-state index contributed by atoms with van der Waals surface area (Å²) in [5.41, 5.74) is 1.87. The van der Waals surface area contributed by atoms with E-state index in [0.29, 0.717) is 13.1 Å². The van der Waals surface area contributed by atoms with Gasteiger partial charge in [0.05, 0.1) is 12.0 Å². The van der Waals surface area contributed by atoms with Crippen LogP contribution in [-0.4, -0.2) is 61.9 Å². The first-order valence-electron chi connectivity index (χ1n) is 15.7. The van der Waals surface area contributed by atoms with Crippen molar-refractivity contribution in [3.63, 3.8) is 0 Å². The lowest BCUT2D eigenvalue weighted by atomic mass is 10.0. The third kappa shape index (κ3) is 24.3. The zero-order valence-electron chi connectivity index (χ0n) is 25.8. The molecular formula is C29H56N2O9PS+. The fourth-order valence-corrected chi connectivity index (χ4v) is 5.29. The highest BCUT2D eigenvalue weighted by molar-refractivity contribution is 7.46. The van der Waals surface area contributed by atoms with Gasteiger partial charge in [-0.15, -0.1) is 0 Å². The summed E-state index contributed by atoms with van der Waals surface area (Å²) in [4.78, 5) is 30.3. The third-order valence-electron chi connectivity index (χ3n) is 6.81. The molecule has 0 aliphatic rings. The van der Waals surface area contributed by atoms with Crippen molar-refractivity contribution in [2.75, 3.05) is 33.5 Å². The van der Waals surface area contributed by atoms with Crippen LogP contribution in [0.2, 0.25) is 0 Å². The number of alkyl carbamates (subject to hydrolysis) is 1. The Morgan fingerprint density at radius 3 is 1.95 bits per heavy atom. The van der Waals surface area contributed by atoms with Gasteiger partial charge < -0.3 is 34.1 Å². The van der Waals surface area contributed by atoms with Gasteiger partial charge in [-0.05, 0) is 6.42 Å². The van der Waals surface area contributed by atoms with Crippen LogP contribution in [0.25, 0.3) is 0 Å². The van der Waals surface area contributed by atoms with Crippen LogP contribution in [0.1, 0.15) is 110 Å². The van der Waals surface area contributed by atoms with Crippen molar-refractivity contribution >= 4 is 25.3 Å². The first-order chi connectivity index (χ1) is 20.3. The van der Waals surface area contributed by atoms with Crippen LogP contribution >= 0.6 is 19.2 Å². The minimum absolute atomic E-state index is 0.0992. The smallest absolute Gasteiger partial charge is 0.447 e. The van der Waals surface area contributed by atoms with Crippen molar-refractivity contribution in [2.24, 2.45) is 0 Å². The topological polar surface area (TPSA) is 137 Å². The number of carbonyl (C=O) groups is 1.